The largest absolute Gasteiger partial charge is 0.395 e. The highest BCUT2D eigenvalue weighted by Gasteiger charge is 2.16. The van der Waals surface area contributed by atoms with E-state index < -0.39 is 0 Å². The number of anilines is 1. The van der Waals surface area contributed by atoms with Crippen molar-refractivity contribution in [2.24, 2.45) is 0 Å². The third kappa shape index (κ3) is 3.83. The van der Waals surface area contributed by atoms with E-state index in [9.17, 15) is 0 Å². The molecule has 1 aromatic rings. The summed E-state index contributed by atoms with van der Waals surface area (Å²) in [7, 11) is 0. The minimum atomic E-state index is 0.0181. The fourth-order valence-corrected chi connectivity index (χ4v) is 2.80. The lowest BCUT2D eigenvalue weighted by Gasteiger charge is -2.24. The lowest BCUT2D eigenvalue weighted by atomic mass is 10.2. The molecule has 0 saturated carbocycles. The van der Waals surface area contributed by atoms with Crippen LogP contribution in [0.2, 0.25) is 5.02 Å². The van der Waals surface area contributed by atoms with Crippen molar-refractivity contribution in [2.75, 3.05) is 44.2 Å². The fraction of sp³-hybridized carbons (Fsp3) is 0.571. The standard InChI is InChI=1S/C14H21ClN2O2/c15-13-10-12(11-19)2-3-14(13)17-5-1-4-16(6-7-17)8-9-18/h2-3,10,18-19H,1,4-9,11H2. The maximum atomic E-state index is 9.10. The van der Waals surface area contributed by atoms with Gasteiger partial charge in [0.05, 0.1) is 23.9 Å². The molecule has 0 aliphatic carbocycles. The van der Waals surface area contributed by atoms with Crippen LogP contribution in [0.1, 0.15) is 12.0 Å². The van der Waals surface area contributed by atoms with Crippen LogP contribution in [0.25, 0.3) is 0 Å². The molecule has 106 valence electrons. The molecular formula is C14H21ClN2O2. The topological polar surface area (TPSA) is 46.9 Å². The molecule has 0 unspecified atom stereocenters. The van der Waals surface area contributed by atoms with Crippen molar-refractivity contribution in [1.29, 1.82) is 0 Å². The van der Waals surface area contributed by atoms with Crippen molar-refractivity contribution in [2.45, 2.75) is 13.0 Å². The number of aliphatic hydroxyl groups excluding tert-OH is 2. The zero-order valence-corrected chi connectivity index (χ0v) is 11.8. The maximum Gasteiger partial charge on any atom is 0.0682 e. The summed E-state index contributed by atoms with van der Waals surface area (Å²) in [5.41, 5.74) is 1.87. The van der Waals surface area contributed by atoms with E-state index in [0.29, 0.717) is 5.02 Å². The molecule has 1 saturated heterocycles. The number of β-amino-alcohol motifs (C(OH)–C–C–N with tert-alkyl or cyclic N) is 1. The van der Waals surface area contributed by atoms with Crippen LogP contribution in [0.3, 0.4) is 0 Å². The monoisotopic (exact) mass is 284 g/mol. The molecule has 0 radical (unpaired) electrons. The van der Waals surface area contributed by atoms with E-state index in [1.807, 2.05) is 18.2 Å². The molecule has 2 N–H and O–H groups in total. The summed E-state index contributed by atoms with van der Waals surface area (Å²) in [6, 6.07) is 5.72. The predicted molar refractivity (Wildman–Crippen MR) is 77.7 cm³/mol. The average molecular weight is 285 g/mol. The molecule has 0 aromatic heterocycles. The molecule has 1 fully saturated rings. The van der Waals surface area contributed by atoms with Crippen molar-refractivity contribution in [3.8, 4) is 0 Å². The highest BCUT2D eigenvalue weighted by atomic mass is 35.5. The number of hydrogen-bond donors (Lipinski definition) is 2. The summed E-state index contributed by atoms with van der Waals surface area (Å²) >= 11 is 6.29. The van der Waals surface area contributed by atoms with Crippen molar-refractivity contribution < 1.29 is 10.2 Å². The van der Waals surface area contributed by atoms with Crippen molar-refractivity contribution in [3.63, 3.8) is 0 Å². The van der Waals surface area contributed by atoms with E-state index in [1.54, 1.807) is 0 Å². The quantitative estimate of drug-likeness (QED) is 0.876. The van der Waals surface area contributed by atoms with Crippen LogP contribution in [0.5, 0.6) is 0 Å². The Hall–Kier alpha value is -0.810. The summed E-state index contributed by atoms with van der Waals surface area (Å²) in [4.78, 5) is 4.55. The normalized spacial score (nSPS) is 17.5. The molecule has 0 amide bonds. The molecule has 1 aliphatic heterocycles. The molecule has 1 aliphatic rings. The van der Waals surface area contributed by atoms with Crippen molar-refractivity contribution >= 4 is 17.3 Å². The molecule has 4 nitrogen and oxygen atoms in total. The average Bonchev–Trinajstić information content (AvgIpc) is 2.65. The van der Waals surface area contributed by atoms with Gasteiger partial charge in [-0.2, -0.15) is 0 Å². The van der Waals surface area contributed by atoms with Gasteiger partial charge in [0, 0.05) is 26.2 Å². The summed E-state index contributed by atoms with van der Waals surface area (Å²) in [6.45, 7) is 4.82. The summed E-state index contributed by atoms with van der Waals surface area (Å²) in [6.07, 6.45) is 1.07. The maximum absolute atomic E-state index is 9.10. The number of nitrogens with zero attached hydrogens (tertiary/aromatic N) is 2. The second kappa shape index (κ2) is 7.10. The summed E-state index contributed by atoms with van der Waals surface area (Å²) in [5, 5.41) is 18.8. The molecular weight excluding hydrogens is 264 g/mol. The van der Waals surface area contributed by atoms with Gasteiger partial charge in [0.15, 0.2) is 0 Å². The van der Waals surface area contributed by atoms with E-state index in [0.717, 1.165) is 50.4 Å². The molecule has 19 heavy (non-hydrogen) atoms. The first-order valence-corrected chi connectivity index (χ1v) is 7.10. The van der Waals surface area contributed by atoms with Crippen LogP contribution >= 0.6 is 11.6 Å². The number of aliphatic hydroxyl groups is 2. The first-order valence-electron chi connectivity index (χ1n) is 6.72. The van der Waals surface area contributed by atoms with Crippen LogP contribution in [0, 0.1) is 0 Å². The van der Waals surface area contributed by atoms with Crippen molar-refractivity contribution in [3.05, 3.63) is 28.8 Å². The number of halogens is 1. The SMILES string of the molecule is OCCN1CCCN(c2ccc(CO)cc2Cl)CC1. The van der Waals surface area contributed by atoms with E-state index in [2.05, 4.69) is 9.80 Å². The Morgan fingerprint density at radius 3 is 2.63 bits per heavy atom. The van der Waals surface area contributed by atoms with E-state index >= 15 is 0 Å². The van der Waals surface area contributed by atoms with Gasteiger partial charge in [-0.3, -0.25) is 4.90 Å². The van der Waals surface area contributed by atoms with Gasteiger partial charge < -0.3 is 15.1 Å². The first-order chi connectivity index (χ1) is 9.24. The fourth-order valence-electron chi connectivity index (χ4n) is 2.48. The molecule has 0 atom stereocenters. The van der Waals surface area contributed by atoms with Gasteiger partial charge in [0.25, 0.3) is 0 Å². The molecule has 0 spiro atoms. The smallest absolute Gasteiger partial charge is 0.0682 e. The van der Waals surface area contributed by atoms with Gasteiger partial charge in [0.2, 0.25) is 0 Å². The lowest BCUT2D eigenvalue weighted by molar-refractivity contribution is 0.204. The van der Waals surface area contributed by atoms with E-state index in [1.165, 1.54) is 0 Å². The highest BCUT2D eigenvalue weighted by molar-refractivity contribution is 6.33. The first kappa shape index (κ1) is 14.6. The van der Waals surface area contributed by atoms with Gasteiger partial charge >= 0.3 is 0 Å². The third-order valence-corrected chi connectivity index (χ3v) is 3.84. The highest BCUT2D eigenvalue weighted by Crippen LogP contribution is 2.27. The van der Waals surface area contributed by atoms with Crippen LogP contribution in [0.4, 0.5) is 5.69 Å². The Kier molecular flexibility index (Phi) is 5.45. The second-order valence-electron chi connectivity index (χ2n) is 4.85. The van der Waals surface area contributed by atoms with E-state index in [4.69, 9.17) is 21.8 Å². The van der Waals surface area contributed by atoms with Gasteiger partial charge in [0.1, 0.15) is 0 Å². The number of hydrogen-bond acceptors (Lipinski definition) is 4. The molecule has 2 rings (SSSR count). The van der Waals surface area contributed by atoms with E-state index in [-0.39, 0.29) is 13.2 Å². The molecule has 5 heteroatoms. The van der Waals surface area contributed by atoms with Crippen LogP contribution < -0.4 is 4.90 Å². The Labute approximate surface area is 119 Å². The van der Waals surface area contributed by atoms with Gasteiger partial charge in [-0.15, -0.1) is 0 Å². The number of benzene rings is 1. The third-order valence-electron chi connectivity index (χ3n) is 3.54. The van der Waals surface area contributed by atoms with Crippen LogP contribution in [-0.4, -0.2) is 54.4 Å². The zero-order valence-electron chi connectivity index (χ0n) is 11.1. The van der Waals surface area contributed by atoms with Gasteiger partial charge in [-0.1, -0.05) is 17.7 Å². The lowest BCUT2D eigenvalue weighted by Crippen LogP contribution is -2.32. The summed E-state index contributed by atoms with van der Waals surface area (Å²) < 4.78 is 0. The minimum absolute atomic E-state index is 0.0181. The zero-order chi connectivity index (χ0) is 13.7. The number of rotatable bonds is 4. The van der Waals surface area contributed by atoms with Crippen LogP contribution in [-0.2, 0) is 6.61 Å². The minimum Gasteiger partial charge on any atom is -0.395 e. The molecule has 0 bridgehead atoms. The Morgan fingerprint density at radius 1 is 1.11 bits per heavy atom. The summed E-state index contributed by atoms with van der Waals surface area (Å²) in [5.74, 6) is 0. The van der Waals surface area contributed by atoms with Gasteiger partial charge in [-0.25, -0.2) is 0 Å². The second-order valence-corrected chi connectivity index (χ2v) is 5.26. The van der Waals surface area contributed by atoms with Crippen molar-refractivity contribution in [1.82, 2.24) is 4.90 Å². The molecule has 1 heterocycles. The molecule has 1 aromatic carbocycles. The Bertz CT molecular complexity index is 414. The van der Waals surface area contributed by atoms with Gasteiger partial charge in [-0.05, 0) is 30.7 Å². The Morgan fingerprint density at radius 2 is 1.95 bits per heavy atom. The van der Waals surface area contributed by atoms with Crippen LogP contribution in [0.15, 0.2) is 18.2 Å². The predicted octanol–water partition coefficient (Wildman–Crippen LogP) is 1.34. The Balaban J connectivity index is 2.05.